The number of hydrogen-bond acceptors (Lipinski definition) is 4. The van der Waals surface area contributed by atoms with Crippen molar-refractivity contribution < 1.29 is 4.92 Å². The molecule has 0 atom stereocenters. The highest BCUT2D eigenvalue weighted by Gasteiger charge is 2.14. The number of likely N-dealkylation sites (N-methyl/N-ethyl adjacent to an activating group) is 1. The molecule has 0 amide bonds. The maximum Gasteiger partial charge on any atom is 0.292 e. The van der Waals surface area contributed by atoms with Gasteiger partial charge in [0.15, 0.2) is 0 Å². The predicted octanol–water partition coefficient (Wildman–Crippen LogP) is 2.27. The van der Waals surface area contributed by atoms with E-state index >= 15 is 0 Å². The fourth-order valence-electron chi connectivity index (χ4n) is 1.56. The minimum atomic E-state index is -0.348. The number of nitrogens with zero attached hydrogens (tertiary/aromatic N) is 2. The molecule has 0 saturated heterocycles. The Bertz CT molecular complexity index is 393. The van der Waals surface area contributed by atoms with Gasteiger partial charge in [-0.2, -0.15) is 0 Å². The van der Waals surface area contributed by atoms with Gasteiger partial charge in [-0.15, -0.1) is 0 Å². The number of benzene rings is 1. The third-order valence-corrected chi connectivity index (χ3v) is 2.78. The topological polar surface area (TPSA) is 58.4 Å². The molecule has 0 aliphatic carbocycles. The van der Waals surface area contributed by atoms with Crippen LogP contribution in [0.4, 0.5) is 11.4 Å². The molecule has 0 spiro atoms. The molecule has 0 aliphatic rings. The predicted molar refractivity (Wildman–Crippen MR) is 69.5 cm³/mol. The molecule has 94 valence electrons. The lowest BCUT2D eigenvalue weighted by molar-refractivity contribution is -0.384. The summed E-state index contributed by atoms with van der Waals surface area (Å²) in [5, 5.41) is 14.0. The highest BCUT2D eigenvalue weighted by atomic mass is 16.6. The van der Waals surface area contributed by atoms with E-state index in [-0.39, 0.29) is 10.6 Å². The van der Waals surface area contributed by atoms with E-state index in [9.17, 15) is 10.1 Å². The van der Waals surface area contributed by atoms with Gasteiger partial charge in [-0.1, -0.05) is 19.1 Å². The third-order valence-electron chi connectivity index (χ3n) is 2.78. The molecule has 0 radical (unpaired) electrons. The first-order valence-corrected chi connectivity index (χ1v) is 5.72. The number of rotatable bonds is 6. The highest BCUT2D eigenvalue weighted by Crippen LogP contribution is 2.27. The van der Waals surface area contributed by atoms with Crippen molar-refractivity contribution in [1.29, 1.82) is 0 Å². The van der Waals surface area contributed by atoms with Gasteiger partial charge < -0.3 is 10.2 Å². The second-order valence-corrected chi connectivity index (χ2v) is 4.05. The molecule has 1 N–H and O–H groups in total. The lowest BCUT2D eigenvalue weighted by Gasteiger charge is -2.15. The van der Waals surface area contributed by atoms with Crippen molar-refractivity contribution >= 4 is 11.4 Å². The third kappa shape index (κ3) is 3.71. The number of para-hydroxylation sites is 1. The van der Waals surface area contributed by atoms with Crippen LogP contribution in [0.1, 0.15) is 12.5 Å². The van der Waals surface area contributed by atoms with E-state index in [0.717, 1.165) is 18.7 Å². The van der Waals surface area contributed by atoms with E-state index in [1.165, 1.54) is 6.07 Å². The number of nitro groups is 1. The summed E-state index contributed by atoms with van der Waals surface area (Å²) in [6, 6.07) is 5.11. The summed E-state index contributed by atoms with van der Waals surface area (Å²) in [7, 11) is 2.02. The molecule has 5 nitrogen and oxygen atoms in total. The van der Waals surface area contributed by atoms with Gasteiger partial charge in [-0.05, 0) is 26.1 Å². The van der Waals surface area contributed by atoms with Crippen molar-refractivity contribution in [2.45, 2.75) is 13.8 Å². The van der Waals surface area contributed by atoms with E-state index in [1.807, 2.05) is 20.0 Å². The zero-order valence-corrected chi connectivity index (χ0v) is 10.6. The van der Waals surface area contributed by atoms with Gasteiger partial charge in [0.2, 0.25) is 0 Å². The standard InChI is InChI=1S/C12H19N3O2/c1-4-14(3)9-8-13-12-10(2)6-5-7-11(12)15(16)17/h5-7,13H,4,8-9H2,1-3H3. The zero-order chi connectivity index (χ0) is 12.8. The minimum absolute atomic E-state index is 0.143. The fourth-order valence-corrected chi connectivity index (χ4v) is 1.56. The summed E-state index contributed by atoms with van der Waals surface area (Å²) in [5.74, 6) is 0. The van der Waals surface area contributed by atoms with Crippen LogP contribution in [0.15, 0.2) is 18.2 Å². The van der Waals surface area contributed by atoms with Crippen LogP contribution in [0.5, 0.6) is 0 Å². The molecule has 0 aromatic heterocycles. The van der Waals surface area contributed by atoms with Crippen LogP contribution >= 0.6 is 0 Å². The lowest BCUT2D eigenvalue weighted by Crippen LogP contribution is -2.25. The van der Waals surface area contributed by atoms with Crippen LogP contribution in [-0.4, -0.2) is 36.5 Å². The van der Waals surface area contributed by atoms with Crippen LogP contribution in [0, 0.1) is 17.0 Å². The molecular weight excluding hydrogens is 218 g/mol. The molecule has 0 fully saturated rings. The molecule has 0 bridgehead atoms. The average Bonchev–Trinajstić information content (AvgIpc) is 2.30. The Hall–Kier alpha value is -1.62. The first-order chi connectivity index (χ1) is 8.06. The lowest BCUT2D eigenvalue weighted by atomic mass is 10.1. The van der Waals surface area contributed by atoms with Gasteiger partial charge in [-0.25, -0.2) is 0 Å². The Morgan fingerprint density at radius 1 is 1.47 bits per heavy atom. The van der Waals surface area contributed by atoms with E-state index in [2.05, 4.69) is 17.1 Å². The highest BCUT2D eigenvalue weighted by molar-refractivity contribution is 5.65. The van der Waals surface area contributed by atoms with Gasteiger partial charge >= 0.3 is 0 Å². The van der Waals surface area contributed by atoms with Crippen LogP contribution < -0.4 is 5.32 Å². The molecule has 0 aliphatic heterocycles. The number of hydrogen-bond donors (Lipinski definition) is 1. The average molecular weight is 237 g/mol. The molecular formula is C12H19N3O2. The zero-order valence-electron chi connectivity index (χ0n) is 10.6. The van der Waals surface area contributed by atoms with Crippen molar-refractivity contribution in [3.63, 3.8) is 0 Å². The van der Waals surface area contributed by atoms with E-state index in [1.54, 1.807) is 6.07 Å². The number of anilines is 1. The van der Waals surface area contributed by atoms with Crippen molar-refractivity contribution in [3.05, 3.63) is 33.9 Å². The van der Waals surface area contributed by atoms with Crippen molar-refractivity contribution in [1.82, 2.24) is 4.90 Å². The molecule has 1 rings (SSSR count). The van der Waals surface area contributed by atoms with Crippen LogP contribution in [0.25, 0.3) is 0 Å². The normalized spacial score (nSPS) is 10.6. The van der Waals surface area contributed by atoms with Crippen molar-refractivity contribution in [2.24, 2.45) is 0 Å². The molecule has 1 aromatic rings. The van der Waals surface area contributed by atoms with Crippen molar-refractivity contribution in [3.8, 4) is 0 Å². The summed E-state index contributed by atoms with van der Waals surface area (Å²) in [6.45, 7) is 6.49. The maximum atomic E-state index is 10.9. The van der Waals surface area contributed by atoms with Crippen LogP contribution in [0.3, 0.4) is 0 Å². The second-order valence-electron chi connectivity index (χ2n) is 4.05. The Labute approximate surface area is 102 Å². The Kier molecular flexibility index (Phi) is 4.90. The Balaban J connectivity index is 2.72. The van der Waals surface area contributed by atoms with Gasteiger partial charge in [0.25, 0.3) is 5.69 Å². The number of nitro benzene ring substituents is 1. The van der Waals surface area contributed by atoms with Crippen LogP contribution in [0.2, 0.25) is 0 Å². The van der Waals surface area contributed by atoms with E-state index in [4.69, 9.17) is 0 Å². The summed E-state index contributed by atoms with van der Waals surface area (Å²) >= 11 is 0. The number of nitrogens with one attached hydrogen (secondary N) is 1. The SMILES string of the molecule is CCN(C)CCNc1c(C)cccc1[N+](=O)[O-]. The summed E-state index contributed by atoms with van der Waals surface area (Å²) < 4.78 is 0. The quantitative estimate of drug-likeness (QED) is 0.609. The monoisotopic (exact) mass is 237 g/mol. The molecule has 0 unspecified atom stereocenters. The molecule has 17 heavy (non-hydrogen) atoms. The Morgan fingerprint density at radius 2 is 2.18 bits per heavy atom. The second kappa shape index (κ2) is 6.20. The van der Waals surface area contributed by atoms with Crippen molar-refractivity contribution in [2.75, 3.05) is 32.0 Å². The van der Waals surface area contributed by atoms with E-state index < -0.39 is 0 Å². The maximum absolute atomic E-state index is 10.9. The summed E-state index contributed by atoms with van der Waals surface area (Å²) in [6.07, 6.45) is 0. The van der Waals surface area contributed by atoms with E-state index in [0.29, 0.717) is 12.2 Å². The molecule has 0 heterocycles. The summed E-state index contributed by atoms with van der Waals surface area (Å²) in [4.78, 5) is 12.7. The van der Waals surface area contributed by atoms with Gasteiger partial charge in [0.05, 0.1) is 4.92 Å². The Morgan fingerprint density at radius 3 is 2.76 bits per heavy atom. The summed E-state index contributed by atoms with van der Waals surface area (Å²) in [5.41, 5.74) is 1.67. The van der Waals surface area contributed by atoms with Crippen LogP contribution in [-0.2, 0) is 0 Å². The smallest absolute Gasteiger partial charge is 0.292 e. The van der Waals surface area contributed by atoms with Gasteiger partial charge in [-0.3, -0.25) is 10.1 Å². The van der Waals surface area contributed by atoms with Gasteiger partial charge in [0, 0.05) is 19.2 Å². The molecule has 1 aromatic carbocycles. The molecule has 0 saturated carbocycles. The fraction of sp³-hybridized carbons (Fsp3) is 0.500. The largest absolute Gasteiger partial charge is 0.378 e. The molecule has 5 heteroatoms. The van der Waals surface area contributed by atoms with Gasteiger partial charge in [0.1, 0.15) is 5.69 Å². The first kappa shape index (κ1) is 13.4. The first-order valence-electron chi connectivity index (χ1n) is 5.72. The number of aryl methyl sites for hydroxylation is 1. The minimum Gasteiger partial charge on any atom is -0.378 e.